The van der Waals surface area contributed by atoms with Gasteiger partial charge in [0.05, 0.1) is 25.2 Å². The minimum Gasteiger partial charge on any atom is -0.506 e. The Labute approximate surface area is 269 Å². The van der Waals surface area contributed by atoms with Crippen molar-refractivity contribution in [2.75, 3.05) is 3.89 Å². The lowest BCUT2D eigenvalue weighted by molar-refractivity contribution is 0.234. The second-order valence-electron chi connectivity index (χ2n) is 8.59. The largest absolute Gasteiger partial charge is 0.506 e. The first-order chi connectivity index (χ1) is 19.3. The average Bonchev–Trinajstić information content (AvgIpc) is 3.45. The van der Waals surface area contributed by atoms with Crippen LogP contribution in [0.15, 0.2) is 72.8 Å². The molecule has 40 heavy (non-hydrogen) atoms. The molecule has 3 aromatic heterocycles. The number of ether oxygens (including phenoxy) is 1. The molecule has 11 heteroatoms. The van der Waals surface area contributed by atoms with Gasteiger partial charge in [-0.3, -0.25) is 0 Å². The molecule has 5 nitrogen and oxygen atoms in total. The van der Waals surface area contributed by atoms with E-state index in [0.717, 1.165) is 33.3 Å². The van der Waals surface area contributed by atoms with Crippen LogP contribution in [0, 0.1) is 0 Å². The summed E-state index contributed by atoms with van der Waals surface area (Å²) in [5.41, 5.74) is 6.01. The lowest BCUT2D eigenvalue weighted by atomic mass is 10.1. The minimum atomic E-state index is 0.0976. The van der Waals surface area contributed by atoms with Gasteiger partial charge in [0.15, 0.2) is 6.73 Å². The summed E-state index contributed by atoms with van der Waals surface area (Å²) in [4.78, 5) is 8.51. The molecule has 0 saturated heterocycles. The third-order valence-corrected chi connectivity index (χ3v) is 7.55. The Morgan fingerprint density at radius 3 is 2.25 bits per heavy atom. The van der Waals surface area contributed by atoms with Crippen molar-refractivity contribution in [3.05, 3.63) is 105 Å². The second-order valence-corrected chi connectivity index (χ2v) is 12.1. The predicted molar refractivity (Wildman–Crippen MR) is 174 cm³/mol. The molecule has 1 aliphatic heterocycles. The number of nitrogens with zero attached hydrogens (tertiary/aromatic N) is 3. The van der Waals surface area contributed by atoms with Crippen LogP contribution in [0.2, 0.25) is 15.3 Å². The maximum absolute atomic E-state index is 9.88. The number of hydrogen-bond acceptors (Lipinski definition) is 4. The van der Waals surface area contributed by atoms with E-state index in [2.05, 4.69) is 32.6 Å². The maximum atomic E-state index is 9.88. The molecular weight excluding hydrogens is 727 g/mol. The molecule has 4 heterocycles. The van der Waals surface area contributed by atoms with Gasteiger partial charge >= 0.3 is 0 Å². The third kappa shape index (κ3) is 5.75. The summed E-state index contributed by atoms with van der Waals surface area (Å²) < 4.78 is 8.42. The minimum absolute atomic E-state index is 0.0976. The number of rotatable bonds is 1. The Morgan fingerprint density at radius 2 is 1.50 bits per heavy atom. The topological polar surface area (TPSA) is 60.2 Å². The van der Waals surface area contributed by atoms with Crippen LogP contribution in [0.3, 0.4) is 0 Å². The van der Waals surface area contributed by atoms with Gasteiger partial charge in [0.2, 0.25) is 0 Å². The summed E-state index contributed by atoms with van der Waals surface area (Å²) in [5.74, 6) is 0.807. The van der Waals surface area contributed by atoms with Crippen LogP contribution in [0.5, 0.6) is 11.5 Å². The maximum Gasteiger partial charge on any atom is 0.165 e. The second kappa shape index (κ2) is 12.8. The van der Waals surface area contributed by atoms with Crippen molar-refractivity contribution in [2.45, 2.75) is 13.2 Å². The molecule has 0 fully saturated rings. The van der Waals surface area contributed by atoms with Crippen LogP contribution in [-0.2, 0) is 13.2 Å². The summed E-state index contributed by atoms with van der Waals surface area (Å²) in [6.45, 7) is 0.429. The fourth-order valence-electron chi connectivity index (χ4n) is 4.63. The first kappa shape index (κ1) is 29.3. The van der Waals surface area contributed by atoms with Crippen LogP contribution in [-0.4, -0.2) is 23.5 Å². The molecule has 0 atom stereocenters. The fraction of sp³-hybridized carbons (Fsp3) is 0.103. The third-order valence-electron chi connectivity index (χ3n) is 6.32. The quantitative estimate of drug-likeness (QED) is 0.105. The number of pyridine rings is 2. The summed E-state index contributed by atoms with van der Waals surface area (Å²) >= 11 is 31.7. The van der Waals surface area contributed by atoms with E-state index in [1.54, 1.807) is 12.1 Å². The Hall–Kier alpha value is -2.20. The van der Waals surface area contributed by atoms with Crippen molar-refractivity contribution in [1.29, 1.82) is 0 Å². The van der Waals surface area contributed by atoms with Gasteiger partial charge in [-0.2, -0.15) is 0 Å². The van der Waals surface area contributed by atoms with Crippen molar-refractivity contribution in [3.63, 3.8) is 0 Å². The lowest BCUT2D eigenvalue weighted by Gasteiger charge is -2.20. The van der Waals surface area contributed by atoms with Crippen molar-refractivity contribution in [2.24, 2.45) is 0 Å². The number of aromatic nitrogens is 3. The van der Waals surface area contributed by atoms with Crippen LogP contribution < -0.4 is 4.74 Å². The number of benzene rings is 2. The van der Waals surface area contributed by atoms with E-state index in [0.29, 0.717) is 54.5 Å². The van der Waals surface area contributed by atoms with Gasteiger partial charge in [0.1, 0.15) is 33.2 Å². The van der Waals surface area contributed by atoms with Crippen molar-refractivity contribution in [1.82, 2.24) is 14.5 Å². The van der Waals surface area contributed by atoms with E-state index in [1.165, 1.54) is 6.07 Å². The molecule has 0 saturated carbocycles. The summed E-state index contributed by atoms with van der Waals surface area (Å²) in [6.07, 6.45) is 0.663. The smallest absolute Gasteiger partial charge is 0.165 e. The molecule has 1 aliphatic carbocycles. The molecule has 5 aromatic rings. The van der Waals surface area contributed by atoms with E-state index < -0.39 is 0 Å². The highest BCUT2D eigenvalue weighted by Gasteiger charge is 2.26. The number of aromatic hydroxyl groups is 1. The van der Waals surface area contributed by atoms with E-state index in [1.807, 2.05) is 59.2 Å². The van der Waals surface area contributed by atoms with Crippen LogP contribution in [0.25, 0.3) is 32.9 Å². The Balaban J connectivity index is 0.000000147. The van der Waals surface area contributed by atoms with Crippen LogP contribution in [0.4, 0.5) is 0 Å². The summed E-state index contributed by atoms with van der Waals surface area (Å²) in [7, 11) is 0. The van der Waals surface area contributed by atoms with Crippen molar-refractivity contribution >= 4 is 102 Å². The molecule has 204 valence electrons. The first-order valence-electron chi connectivity index (χ1n) is 11.8. The molecule has 0 bridgehead atoms. The molecule has 0 amide bonds. The Kier molecular flexibility index (Phi) is 9.35. The van der Waals surface area contributed by atoms with Crippen LogP contribution >= 0.6 is 80.6 Å². The number of allylic oxidation sites excluding steroid dienone is 1. The average molecular weight is 746 g/mol. The fourth-order valence-corrected chi connectivity index (χ4v) is 5.61. The Morgan fingerprint density at radius 1 is 0.850 bits per heavy atom. The number of alkyl halides is 2. The zero-order chi connectivity index (χ0) is 28.4. The molecule has 0 unspecified atom stereocenters. The molecular formula is C29H19Cl5IN3O2. The van der Waals surface area contributed by atoms with Crippen molar-refractivity contribution < 1.29 is 9.84 Å². The molecule has 2 aliphatic rings. The number of para-hydroxylation sites is 1. The zero-order valence-corrected chi connectivity index (χ0v) is 26.5. The van der Waals surface area contributed by atoms with E-state index in [9.17, 15) is 5.11 Å². The molecule has 7 rings (SSSR count). The summed E-state index contributed by atoms with van der Waals surface area (Å²) in [5, 5.41) is 13.0. The highest BCUT2D eigenvalue weighted by Crippen LogP contribution is 2.44. The molecule has 2 aromatic carbocycles. The molecule has 0 radical (unpaired) electrons. The molecule has 0 spiro atoms. The van der Waals surface area contributed by atoms with Gasteiger partial charge in [-0.1, -0.05) is 111 Å². The first-order valence-corrected chi connectivity index (χ1v) is 15.4. The number of fused-ring (bicyclic) bond motifs is 6. The van der Waals surface area contributed by atoms with E-state index in [4.69, 9.17) is 62.7 Å². The van der Waals surface area contributed by atoms with Gasteiger partial charge in [-0.15, -0.1) is 11.6 Å². The van der Waals surface area contributed by atoms with Gasteiger partial charge in [0.25, 0.3) is 0 Å². The highest BCUT2D eigenvalue weighted by molar-refractivity contribution is 14.1. The molecule has 1 N–H and O–H groups in total. The van der Waals surface area contributed by atoms with Gasteiger partial charge in [-0.05, 0) is 41.5 Å². The van der Waals surface area contributed by atoms with Gasteiger partial charge in [-0.25, -0.2) is 9.97 Å². The van der Waals surface area contributed by atoms with Gasteiger partial charge < -0.3 is 14.4 Å². The SMILES string of the molecule is ClCI.Clc1ccc2c(n1)-c1c(Cl)c3ccccc3n1CO2.Oc1ccc(Cl)nc1C1=C(Cl)c2ccccc2C1. The Bertz CT molecular complexity index is 1760. The van der Waals surface area contributed by atoms with E-state index >= 15 is 0 Å². The lowest BCUT2D eigenvalue weighted by Crippen LogP contribution is -2.13. The van der Waals surface area contributed by atoms with E-state index in [-0.39, 0.29) is 5.75 Å². The summed E-state index contributed by atoms with van der Waals surface area (Å²) in [6, 6.07) is 22.5. The highest BCUT2D eigenvalue weighted by atomic mass is 127. The van der Waals surface area contributed by atoms with Crippen molar-refractivity contribution in [3.8, 4) is 22.9 Å². The zero-order valence-electron chi connectivity index (χ0n) is 20.5. The van der Waals surface area contributed by atoms with Gasteiger partial charge in [0, 0.05) is 17.4 Å². The monoisotopic (exact) mass is 743 g/mol. The normalized spacial score (nSPS) is 12.8. The number of hydrogen-bond donors (Lipinski definition) is 1. The number of halogens is 6. The standard InChI is InChI=1S/C14H8Cl2N2O.C14H9Cl2NO.CH2ClI/c15-11-6-5-10-13(17-11)14-12(16)8-3-1-2-4-9(8)18(14)7-19-10;15-12-6-5-11(18)14(17-12)10-7-8-3-1-2-4-9(8)13(10)16;2-1-3/h1-6H,7H2;1-6,18H,7H2;1H2. The van der Waals surface area contributed by atoms with Crippen LogP contribution in [0.1, 0.15) is 16.8 Å². The predicted octanol–water partition coefficient (Wildman–Crippen LogP) is 10.1.